The fraction of sp³-hybridized carbons (Fsp3) is 0.462. The van der Waals surface area contributed by atoms with Crippen molar-refractivity contribution >= 4 is 44.4 Å². The summed E-state index contributed by atoms with van der Waals surface area (Å²) >= 11 is 5.68. The molecule has 0 aromatic heterocycles. The third kappa shape index (κ3) is 4.12. The molecule has 0 saturated carbocycles. The maximum absolute atomic E-state index is 12.2. The molecule has 1 atom stereocenters. The highest BCUT2D eigenvalue weighted by atomic mass is 127. The van der Waals surface area contributed by atoms with Crippen LogP contribution in [0, 0.1) is 5.92 Å². The third-order valence-electron chi connectivity index (χ3n) is 2.71. The van der Waals surface area contributed by atoms with E-state index in [1.54, 1.807) is 13.2 Å². The van der Waals surface area contributed by atoms with Gasteiger partial charge in [-0.15, -0.1) is 0 Å². The van der Waals surface area contributed by atoms with Gasteiger partial charge in [0.25, 0.3) is 5.91 Å². The zero-order valence-electron chi connectivity index (χ0n) is 10.7. The van der Waals surface area contributed by atoms with Gasteiger partial charge in [-0.05, 0) is 40.0 Å². The van der Waals surface area contributed by atoms with Crippen LogP contribution < -0.4 is 10.1 Å². The van der Waals surface area contributed by atoms with Crippen LogP contribution in [0.4, 0.5) is 0 Å². The molecule has 18 heavy (non-hydrogen) atoms. The summed E-state index contributed by atoms with van der Waals surface area (Å²) in [6.45, 7) is 4.20. The van der Waals surface area contributed by atoms with E-state index in [0.29, 0.717) is 17.2 Å². The Morgan fingerprint density at radius 3 is 2.67 bits per heavy atom. The van der Waals surface area contributed by atoms with E-state index in [1.165, 1.54) is 0 Å². The first-order valence-electron chi connectivity index (χ1n) is 5.70. The van der Waals surface area contributed by atoms with Crippen LogP contribution >= 0.6 is 38.5 Å². The number of halogens is 2. The lowest BCUT2D eigenvalue weighted by Crippen LogP contribution is -2.39. The molecule has 0 fully saturated rings. The van der Waals surface area contributed by atoms with Crippen LogP contribution in [0.2, 0.25) is 0 Å². The lowest BCUT2D eigenvalue weighted by molar-refractivity contribution is 0.0931. The van der Waals surface area contributed by atoms with Gasteiger partial charge in [-0.3, -0.25) is 4.79 Å². The first-order valence-corrected chi connectivity index (χ1v) is 8.01. The highest BCUT2D eigenvalue weighted by molar-refractivity contribution is 14.1. The molecule has 0 aliphatic rings. The Bertz CT molecular complexity index is 423. The van der Waals surface area contributed by atoms with Gasteiger partial charge in [-0.25, -0.2) is 0 Å². The molecule has 100 valence electrons. The van der Waals surface area contributed by atoms with Gasteiger partial charge in [0, 0.05) is 14.9 Å². The SMILES string of the molecule is COc1ccc(Br)c(C(=O)NC(CI)C(C)C)c1. The minimum absolute atomic E-state index is 0.0730. The summed E-state index contributed by atoms with van der Waals surface area (Å²) in [6, 6.07) is 5.56. The van der Waals surface area contributed by atoms with E-state index in [9.17, 15) is 4.79 Å². The smallest absolute Gasteiger partial charge is 0.252 e. The van der Waals surface area contributed by atoms with Crippen LogP contribution in [-0.2, 0) is 0 Å². The molecule has 1 N–H and O–H groups in total. The Balaban J connectivity index is 2.89. The fourth-order valence-electron chi connectivity index (χ4n) is 1.43. The highest BCUT2D eigenvalue weighted by Gasteiger charge is 2.18. The van der Waals surface area contributed by atoms with Crippen molar-refractivity contribution in [3.63, 3.8) is 0 Å². The summed E-state index contributed by atoms with van der Waals surface area (Å²) in [5.74, 6) is 1.02. The Hall–Kier alpha value is -0.300. The molecule has 0 radical (unpaired) electrons. The largest absolute Gasteiger partial charge is 0.497 e. The van der Waals surface area contributed by atoms with E-state index < -0.39 is 0 Å². The molecule has 5 heteroatoms. The van der Waals surface area contributed by atoms with Gasteiger partial charge >= 0.3 is 0 Å². The average Bonchev–Trinajstić information content (AvgIpc) is 2.35. The highest BCUT2D eigenvalue weighted by Crippen LogP contribution is 2.22. The number of alkyl halides is 1. The van der Waals surface area contributed by atoms with Gasteiger partial charge in [-0.2, -0.15) is 0 Å². The molecule has 0 saturated heterocycles. The van der Waals surface area contributed by atoms with E-state index in [4.69, 9.17) is 4.74 Å². The minimum atomic E-state index is -0.0730. The second kappa shape index (κ2) is 7.33. The van der Waals surface area contributed by atoms with Crippen molar-refractivity contribution in [3.05, 3.63) is 28.2 Å². The molecule has 1 rings (SSSR count). The zero-order chi connectivity index (χ0) is 13.7. The molecule has 1 aromatic rings. The van der Waals surface area contributed by atoms with Crippen molar-refractivity contribution < 1.29 is 9.53 Å². The van der Waals surface area contributed by atoms with E-state index in [2.05, 4.69) is 57.7 Å². The molecule has 1 amide bonds. The van der Waals surface area contributed by atoms with Crippen LogP contribution in [0.25, 0.3) is 0 Å². The summed E-state index contributed by atoms with van der Waals surface area (Å²) in [5.41, 5.74) is 0.602. The number of hydrogen-bond acceptors (Lipinski definition) is 2. The number of carbonyl (C=O) groups is 1. The van der Waals surface area contributed by atoms with Crippen molar-refractivity contribution in [2.75, 3.05) is 11.5 Å². The summed E-state index contributed by atoms with van der Waals surface area (Å²) in [7, 11) is 1.59. The van der Waals surface area contributed by atoms with Gasteiger partial charge in [0.1, 0.15) is 5.75 Å². The zero-order valence-corrected chi connectivity index (χ0v) is 14.4. The predicted octanol–water partition coefficient (Wildman–Crippen LogP) is 3.65. The van der Waals surface area contributed by atoms with E-state index in [0.717, 1.165) is 8.90 Å². The average molecular weight is 426 g/mol. The Morgan fingerprint density at radius 2 is 2.17 bits per heavy atom. The molecule has 0 aliphatic heterocycles. The number of benzene rings is 1. The summed E-state index contributed by atoms with van der Waals surface area (Å²) in [5, 5.41) is 3.04. The van der Waals surface area contributed by atoms with Gasteiger partial charge in [0.05, 0.1) is 12.7 Å². The second-order valence-corrected chi connectivity index (χ2v) is 6.06. The topological polar surface area (TPSA) is 38.3 Å². The molecule has 1 unspecified atom stereocenters. The summed E-state index contributed by atoms with van der Waals surface area (Å²) in [4.78, 5) is 12.2. The third-order valence-corrected chi connectivity index (χ3v) is 4.35. The molecular weight excluding hydrogens is 409 g/mol. The van der Waals surface area contributed by atoms with Crippen molar-refractivity contribution in [2.45, 2.75) is 19.9 Å². The number of nitrogens with one attached hydrogen (secondary N) is 1. The van der Waals surface area contributed by atoms with Crippen LogP contribution in [-0.4, -0.2) is 23.5 Å². The summed E-state index contributed by atoms with van der Waals surface area (Å²) in [6.07, 6.45) is 0. The van der Waals surface area contributed by atoms with Gasteiger partial charge in [0.2, 0.25) is 0 Å². The lowest BCUT2D eigenvalue weighted by atomic mass is 10.1. The van der Waals surface area contributed by atoms with Crippen LogP contribution in [0.3, 0.4) is 0 Å². The van der Waals surface area contributed by atoms with Crippen molar-refractivity contribution in [2.24, 2.45) is 5.92 Å². The molecule has 0 heterocycles. The van der Waals surface area contributed by atoms with Crippen molar-refractivity contribution in [1.29, 1.82) is 0 Å². The predicted molar refractivity (Wildman–Crippen MR) is 85.7 cm³/mol. The minimum Gasteiger partial charge on any atom is -0.497 e. The monoisotopic (exact) mass is 425 g/mol. The van der Waals surface area contributed by atoms with Crippen molar-refractivity contribution in [3.8, 4) is 5.75 Å². The molecular formula is C13H17BrINO2. The van der Waals surface area contributed by atoms with Crippen molar-refractivity contribution in [1.82, 2.24) is 5.32 Å². The number of amides is 1. The molecule has 0 aliphatic carbocycles. The van der Waals surface area contributed by atoms with E-state index >= 15 is 0 Å². The van der Waals surface area contributed by atoms with Gasteiger partial charge in [0.15, 0.2) is 0 Å². The quantitative estimate of drug-likeness (QED) is 0.577. The van der Waals surface area contributed by atoms with E-state index in [1.807, 2.05) is 12.1 Å². The van der Waals surface area contributed by atoms with E-state index in [-0.39, 0.29) is 11.9 Å². The summed E-state index contributed by atoms with van der Waals surface area (Å²) < 4.78 is 6.80. The molecule has 0 spiro atoms. The number of rotatable bonds is 5. The normalized spacial score (nSPS) is 12.3. The first-order chi connectivity index (χ1) is 8.49. The van der Waals surface area contributed by atoms with Crippen LogP contribution in [0.1, 0.15) is 24.2 Å². The first kappa shape index (κ1) is 15.8. The van der Waals surface area contributed by atoms with Gasteiger partial charge < -0.3 is 10.1 Å². The number of methoxy groups -OCH3 is 1. The fourth-order valence-corrected chi connectivity index (χ4v) is 3.10. The molecule has 1 aromatic carbocycles. The second-order valence-electron chi connectivity index (χ2n) is 4.32. The Morgan fingerprint density at radius 1 is 1.50 bits per heavy atom. The maximum Gasteiger partial charge on any atom is 0.252 e. The molecule has 3 nitrogen and oxygen atoms in total. The number of carbonyl (C=O) groups excluding carboxylic acids is 1. The standard InChI is InChI=1S/C13H17BrINO2/c1-8(2)12(7-15)16-13(17)10-6-9(18-3)4-5-11(10)14/h4-6,8,12H,7H2,1-3H3,(H,16,17). The molecule has 0 bridgehead atoms. The van der Waals surface area contributed by atoms with Crippen LogP contribution in [0.5, 0.6) is 5.75 Å². The lowest BCUT2D eigenvalue weighted by Gasteiger charge is -2.20. The number of hydrogen-bond donors (Lipinski definition) is 1. The van der Waals surface area contributed by atoms with Crippen LogP contribution in [0.15, 0.2) is 22.7 Å². The number of ether oxygens (including phenoxy) is 1. The Labute approximate surface area is 130 Å². The Kier molecular flexibility index (Phi) is 6.42. The maximum atomic E-state index is 12.2. The van der Waals surface area contributed by atoms with Gasteiger partial charge in [-0.1, -0.05) is 36.4 Å².